The lowest BCUT2D eigenvalue weighted by Crippen LogP contribution is -2.31. The fraction of sp³-hybridized carbons (Fsp3) is 0.600. The number of halogens is 1. The zero-order chi connectivity index (χ0) is 12.3. The largest absolute Gasteiger partial charge is 0.316 e. The summed E-state index contributed by atoms with van der Waals surface area (Å²) in [5, 5.41) is 3.41. The first-order chi connectivity index (χ1) is 8.20. The predicted molar refractivity (Wildman–Crippen MR) is 69.8 cm³/mol. The summed E-state index contributed by atoms with van der Waals surface area (Å²) in [6.07, 6.45) is 6.24. The van der Waals surface area contributed by atoms with Gasteiger partial charge in [-0.05, 0) is 56.0 Å². The van der Waals surface area contributed by atoms with Gasteiger partial charge in [0.2, 0.25) is 0 Å². The van der Waals surface area contributed by atoms with Gasteiger partial charge >= 0.3 is 0 Å². The van der Waals surface area contributed by atoms with E-state index >= 15 is 0 Å². The molecule has 2 unspecified atom stereocenters. The molecule has 1 aromatic rings. The fourth-order valence-electron chi connectivity index (χ4n) is 3.03. The Morgan fingerprint density at radius 3 is 2.59 bits per heavy atom. The Kier molecular flexibility index (Phi) is 4.16. The van der Waals surface area contributed by atoms with Crippen LogP contribution < -0.4 is 5.32 Å². The van der Waals surface area contributed by atoms with Crippen molar-refractivity contribution in [3.63, 3.8) is 0 Å². The van der Waals surface area contributed by atoms with Crippen LogP contribution in [-0.2, 0) is 0 Å². The van der Waals surface area contributed by atoms with Crippen molar-refractivity contribution in [3.8, 4) is 0 Å². The normalized spacial score (nSPS) is 25.6. The quantitative estimate of drug-likeness (QED) is 0.769. The van der Waals surface area contributed by atoms with Crippen LogP contribution in [0.3, 0.4) is 0 Å². The van der Waals surface area contributed by atoms with E-state index in [0.29, 0.717) is 12.0 Å². The Labute approximate surface area is 103 Å². The Morgan fingerprint density at radius 1 is 1.12 bits per heavy atom. The van der Waals surface area contributed by atoms with Crippen LogP contribution in [0.1, 0.15) is 49.1 Å². The van der Waals surface area contributed by atoms with E-state index in [1.54, 1.807) is 12.1 Å². The lowest BCUT2D eigenvalue weighted by atomic mass is 9.87. The first-order valence-electron chi connectivity index (χ1n) is 6.65. The van der Waals surface area contributed by atoms with Crippen LogP contribution in [0.15, 0.2) is 18.2 Å². The minimum absolute atomic E-state index is 0.0981. The Bertz CT molecular complexity index is 355. The second-order valence-corrected chi connectivity index (χ2v) is 5.20. The number of rotatable bonds is 2. The lowest BCUT2D eigenvalue weighted by Gasteiger charge is -2.25. The molecule has 1 N–H and O–H groups in total. The zero-order valence-corrected chi connectivity index (χ0v) is 10.8. The van der Waals surface area contributed by atoms with Gasteiger partial charge in [0.25, 0.3) is 0 Å². The highest BCUT2D eigenvalue weighted by molar-refractivity contribution is 5.28. The molecule has 1 nitrogen and oxygen atoms in total. The minimum atomic E-state index is -0.0981. The minimum Gasteiger partial charge on any atom is -0.316 e. The van der Waals surface area contributed by atoms with E-state index in [4.69, 9.17) is 0 Å². The summed E-state index contributed by atoms with van der Waals surface area (Å²) in [4.78, 5) is 0. The third-order valence-electron chi connectivity index (χ3n) is 3.88. The Morgan fingerprint density at radius 2 is 1.88 bits per heavy atom. The maximum Gasteiger partial charge on any atom is 0.123 e. The maximum absolute atomic E-state index is 13.5. The first-order valence-corrected chi connectivity index (χ1v) is 6.65. The van der Waals surface area contributed by atoms with Crippen LogP contribution in [0.25, 0.3) is 0 Å². The maximum atomic E-state index is 13.5. The molecule has 1 aliphatic rings. The van der Waals surface area contributed by atoms with Gasteiger partial charge in [-0.3, -0.25) is 0 Å². The molecule has 0 aliphatic heterocycles. The second kappa shape index (κ2) is 5.63. The van der Waals surface area contributed by atoms with E-state index in [-0.39, 0.29) is 5.82 Å². The fourth-order valence-corrected chi connectivity index (χ4v) is 3.03. The van der Waals surface area contributed by atoms with E-state index in [2.05, 4.69) is 11.4 Å². The molecular formula is C15H22FN. The molecule has 17 heavy (non-hydrogen) atoms. The third-order valence-corrected chi connectivity index (χ3v) is 3.88. The van der Waals surface area contributed by atoms with Gasteiger partial charge in [-0.1, -0.05) is 25.3 Å². The molecule has 2 atom stereocenters. The van der Waals surface area contributed by atoms with Gasteiger partial charge < -0.3 is 5.32 Å². The molecule has 1 aromatic carbocycles. The summed E-state index contributed by atoms with van der Waals surface area (Å²) in [6.45, 7) is 1.97. The molecule has 0 saturated heterocycles. The number of likely N-dealkylation sites (N-methyl/N-ethyl adjacent to an activating group) is 1. The van der Waals surface area contributed by atoms with Gasteiger partial charge in [0.1, 0.15) is 5.82 Å². The van der Waals surface area contributed by atoms with Crippen LogP contribution in [0.2, 0.25) is 0 Å². The van der Waals surface area contributed by atoms with Gasteiger partial charge in [-0.2, -0.15) is 0 Å². The zero-order valence-electron chi connectivity index (χ0n) is 10.8. The topological polar surface area (TPSA) is 12.0 Å². The molecule has 0 aromatic heterocycles. The highest BCUT2D eigenvalue weighted by Crippen LogP contribution is 2.32. The van der Waals surface area contributed by atoms with Crippen LogP contribution in [-0.4, -0.2) is 13.1 Å². The van der Waals surface area contributed by atoms with Crippen LogP contribution in [0.5, 0.6) is 0 Å². The molecule has 2 rings (SSSR count). The summed E-state index contributed by atoms with van der Waals surface area (Å²) >= 11 is 0. The number of hydrogen-bond acceptors (Lipinski definition) is 1. The Balaban J connectivity index is 2.27. The molecule has 0 amide bonds. The summed E-state index contributed by atoms with van der Waals surface area (Å²) in [5.41, 5.74) is 2.20. The van der Waals surface area contributed by atoms with Crippen molar-refractivity contribution in [2.45, 2.75) is 51.0 Å². The smallest absolute Gasteiger partial charge is 0.123 e. The highest BCUT2D eigenvalue weighted by atomic mass is 19.1. The molecule has 1 fully saturated rings. The van der Waals surface area contributed by atoms with E-state index in [1.807, 2.05) is 14.0 Å². The van der Waals surface area contributed by atoms with Crippen molar-refractivity contribution in [2.75, 3.05) is 7.05 Å². The van der Waals surface area contributed by atoms with E-state index in [0.717, 1.165) is 5.56 Å². The molecule has 0 bridgehead atoms. The lowest BCUT2D eigenvalue weighted by molar-refractivity contribution is 0.437. The van der Waals surface area contributed by atoms with Crippen LogP contribution >= 0.6 is 0 Å². The number of nitrogens with one attached hydrogen (secondary N) is 1. The summed E-state index contributed by atoms with van der Waals surface area (Å²) in [5.74, 6) is 0.371. The van der Waals surface area contributed by atoms with E-state index < -0.39 is 0 Å². The van der Waals surface area contributed by atoms with Gasteiger partial charge in [-0.15, -0.1) is 0 Å². The molecule has 1 saturated carbocycles. The molecule has 2 heteroatoms. The van der Waals surface area contributed by atoms with Crippen molar-refractivity contribution in [2.24, 2.45) is 0 Å². The second-order valence-electron chi connectivity index (χ2n) is 5.20. The first kappa shape index (κ1) is 12.6. The molecule has 0 radical (unpaired) electrons. The monoisotopic (exact) mass is 235 g/mol. The standard InChI is InChI=1S/C15H22FN/c1-11-8-12(10-13(16)9-11)14-6-4-3-5-7-15(14)17-2/h8-10,14-15,17H,3-7H2,1-2H3. The average molecular weight is 235 g/mol. The number of hydrogen-bond donors (Lipinski definition) is 1. The van der Waals surface area contributed by atoms with Crippen molar-refractivity contribution in [1.29, 1.82) is 0 Å². The van der Waals surface area contributed by atoms with Gasteiger partial charge in [0.05, 0.1) is 0 Å². The average Bonchev–Trinajstić information content (AvgIpc) is 2.52. The van der Waals surface area contributed by atoms with Crippen molar-refractivity contribution >= 4 is 0 Å². The third kappa shape index (κ3) is 3.06. The van der Waals surface area contributed by atoms with Crippen molar-refractivity contribution < 1.29 is 4.39 Å². The predicted octanol–water partition coefficient (Wildman–Crippen LogP) is 3.77. The molecule has 1 aliphatic carbocycles. The molecular weight excluding hydrogens is 213 g/mol. The number of benzene rings is 1. The summed E-state index contributed by atoms with van der Waals surface area (Å²) in [7, 11) is 2.02. The molecule has 0 heterocycles. The Hall–Kier alpha value is -0.890. The SMILES string of the molecule is CNC1CCCCCC1c1cc(C)cc(F)c1. The molecule has 0 spiro atoms. The van der Waals surface area contributed by atoms with E-state index in [9.17, 15) is 4.39 Å². The summed E-state index contributed by atoms with van der Waals surface area (Å²) < 4.78 is 13.5. The van der Waals surface area contributed by atoms with E-state index in [1.165, 1.54) is 37.7 Å². The molecule has 94 valence electrons. The van der Waals surface area contributed by atoms with Crippen LogP contribution in [0.4, 0.5) is 4.39 Å². The van der Waals surface area contributed by atoms with Gasteiger partial charge in [-0.25, -0.2) is 4.39 Å². The van der Waals surface area contributed by atoms with Gasteiger partial charge in [0.15, 0.2) is 0 Å². The van der Waals surface area contributed by atoms with Crippen molar-refractivity contribution in [1.82, 2.24) is 5.32 Å². The van der Waals surface area contributed by atoms with Crippen LogP contribution in [0, 0.1) is 12.7 Å². The number of aryl methyl sites for hydroxylation is 1. The van der Waals surface area contributed by atoms with Gasteiger partial charge in [0, 0.05) is 6.04 Å². The van der Waals surface area contributed by atoms with Crippen molar-refractivity contribution in [3.05, 3.63) is 35.1 Å². The highest BCUT2D eigenvalue weighted by Gasteiger charge is 2.24. The summed E-state index contributed by atoms with van der Waals surface area (Å²) in [6, 6.07) is 5.96.